The molecule has 104 valence electrons. The van der Waals surface area contributed by atoms with Crippen molar-refractivity contribution in [2.45, 2.75) is 11.3 Å². The fourth-order valence-electron chi connectivity index (χ4n) is 1.63. The minimum Gasteiger partial charge on any atom is -0.386 e. The molecule has 5 heteroatoms. The zero-order chi connectivity index (χ0) is 14.2. The van der Waals surface area contributed by atoms with E-state index in [9.17, 15) is 0 Å². The number of nitrogens with two attached hydrogens (primary N) is 1. The van der Waals surface area contributed by atoms with Gasteiger partial charge in [0.05, 0.1) is 11.6 Å². The summed E-state index contributed by atoms with van der Waals surface area (Å²) in [6.45, 7) is 0. The van der Waals surface area contributed by atoms with Gasteiger partial charge >= 0.3 is 0 Å². The number of halogens is 1. The second-order valence-electron chi connectivity index (χ2n) is 4.15. The lowest BCUT2D eigenvalue weighted by Gasteiger charge is -2.02. The lowest BCUT2D eigenvalue weighted by atomic mass is 10.3. The molecule has 2 rings (SSSR count). The Kier molecular flexibility index (Phi) is 5.89. The third kappa shape index (κ3) is 4.87. The van der Waals surface area contributed by atoms with Crippen LogP contribution in [0.15, 0.2) is 58.5 Å². The highest BCUT2D eigenvalue weighted by molar-refractivity contribution is 7.99. The van der Waals surface area contributed by atoms with Gasteiger partial charge < -0.3 is 5.73 Å². The first kappa shape index (κ1) is 14.9. The lowest BCUT2D eigenvalue weighted by molar-refractivity contribution is 1.05. The van der Waals surface area contributed by atoms with E-state index >= 15 is 0 Å². The monoisotopic (exact) mass is 305 g/mol. The molecule has 0 radical (unpaired) electrons. The van der Waals surface area contributed by atoms with Crippen molar-refractivity contribution < 1.29 is 0 Å². The van der Waals surface area contributed by atoms with Crippen LogP contribution in [-0.4, -0.2) is 22.5 Å². The molecule has 0 spiro atoms. The average molecular weight is 306 g/mol. The van der Waals surface area contributed by atoms with Crippen LogP contribution in [0.25, 0.3) is 0 Å². The van der Waals surface area contributed by atoms with E-state index in [-0.39, 0.29) is 5.88 Å². The molecule has 0 amide bonds. The Morgan fingerprint density at radius 1 is 1.20 bits per heavy atom. The van der Waals surface area contributed by atoms with Crippen LogP contribution in [-0.2, 0) is 6.42 Å². The van der Waals surface area contributed by atoms with Gasteiger partial charge in [0.25, 0.3) is 0 Å². The van der Waals surface area contributed by atoms with E-state index in [1.165, 1.54) is 4.90 Å². The number of aryl methyl sites for hydroxylation is 1. The molecule has 20 heavy (non-hydrogen) atoms. The van der Waals surface area contributed by atoms with Crippen molar-refractivity contribution in [3.8, 4) is 0 Å². The van der Waals surface area contributed by atoms with Crippen molar-refractivity contribution in [3.63, 3.8) is 0 Å². The maximum absolute atomic E-state index is 5.59. The molecule has 0 fully saturated rings. The molecule has 0 atom stereocenters. The van der Waals surface area contributed by atoms with Crippen molar-refractivity contribution in [3.05, 3.63) is 54.4 Å². The first-order valence-electron chi connectivity index (χ1n) is 6.29. The summed E-state index contributed by atoms with van der Waals surface area (Å²) in [5.41, 5.74) is 7.55. The minimum atomic E-state index is 0.251. The Balaban J connectivity index is 1.85. The molecule has 1 aromatic carbocycles. The zero-order valence-electron chi connectivity index (χ0n) is 11.0. The summed E-state index contributed by atoms with van der Waals surface area (Å²) in [5.74, 6) is 1.69. The Morgan fingerprint density at radius 2 is 2.00 bits per heavy atom. The van der Waals surface area contributed by atoms with Crippen molar-refractivity contribution in [2.24, 2.45) is 10.7 Å². The number of nitrogens with zero attached hydrogens (tertiary/aromatic N) is 2. The van der Waals surface area contributed by atoms with E-state index < -0.39 is 0 Å². The van der Waals surface area contributed by atoms with Crippen molar-refractivity contribution in [2.75, 3.05) is 11.6 Å². The summed E-state index contributed by atoms with van der Waals surface area (Å²) in [4.78, 5) is 9.71. The molecule has 1 aromatic heterocycles. The highest BCUT2D eigenvalue weighted by Crippen LogP contribution is 2.22. The minimum absolute atomic E-state index is 0.251. The first-order chi connectivity index (χ1) is 9.78. The highest BCUT2D eigenvalue weighted by Gasteiger charge is 1.98. The number of rotatable bonds is 6. The number of hydrogen-bond acceptors (Lipinski definition) is 3. The summed E-state index contributed by atoms with van der Waals surface area (Å²) in [6, 6.07) is 14.0. The lowest BCUT2D eigenvalue weighted by Crippen LogP contribution is -2.12. The number of hydrogen-bond donors (Lipinski definition) is 1. The molecular formula is C15H16ClN3S. The molecule has 2 aromatic rings. The Morgan fingerprint density at radius 3 is 2.65 bits per heavy atom. The van der Waals surface area contributed by atoms with Gasteiger partial charge in [-0.05, 0) is 42.8 Å². The van der Waals surface area contributed by atoms with Crippen LogP contribution in [0.4, 0.5) is 5.69 Å². The first-order valence-corrected chi connectivity index (χ1v) is 7.82. The summed E-state index contributed by atoms with van der Waals surface area (Å²) in [6.07, 6.45) is 2.79. The van der Waals surface area contributed by atoms with Gasteiger partial charge in [-0.2, -0.15) is 0 Å². The van der Waals surface area contributed by atoms with E-state index in [2.05, 4.69) is 9.98 Å². The second-order valence-corrected chi connectivity index (χ2v) is 5.59. The summed E-state index contributed by atoms with van der Waals surface area (Å²) in [7, 11) is 0. The molecule has 0 bridgehead atoms. The van der Waals surface area contributed by atoms with E-state index in [4.69, 9.17) is 17.3 Å². The van der Waals surface area contributed by atoms with Gasteiger partial charge in [-0.25, -0.2) is 4.99 Å². The van der Waals surface area contributed by atoms with Gasteiger partial charge in [0.15, 0.2) is 0 Å². The molecule has 0 unspecified atom stereocenters. The van der Waals surface area contributed by atoms with Crippen LogP contribution < -0.4 is 5.73 Å². The quantitative estimate of drug-likeness (QED) is 0.384. The number of aliphatic imine (C=N–C) groups is 1. The van der Waals surface area contributed by atoms with Crippen molar-refractivity contribution in [1.82, 2.24) is 4.98 Å². The van der Waals surface area contributed by atoms with E-state index in [0.717, 1.165) is 23.6 Å². The molecule has 1 heterocycles. The zero-order valence-corrected chi connectivity index (χ0v) is 12.6. The van der Waals surface area contributed by atoms with Gasteiger partial charge in [0.1, 0.15) is 5.84 Å². The summed E-state index contributed by atoms with van der Waals surface area (Å²) >= 11 is 7.40. The topological polar surface area (TPSA) is 51.3 Å². The van der Waals surface area contributed by atoms with Crippen LogP contribution in [0.3, 0.4) is 0 Å². The maximum Gasteiger partial charge on any atom is 0.115 e. The molecule has 3 nitrogen and oxygen atoms in total. The van der Waals surface area contributed by atoms with E-state index in [1.54, 1.807) is 11.8 Å². The molecule has 0 saturated carbocycles. The number of amidine groups is 1. The predicted octanol–water partition coefficient (Wildman–Crippen LogP) is 3.64. The van der Waals surface area contributed by atoms with Gasteiger partial charge in [-0.3, -0.25) is 4.98 Å². The Labute approximate surface area is 128 Å². The van der Waals surface area contributed by atoms with Gasteiger partial charge in [0, 0.05) is 22.5 Å². The Bertz CT molecular complexity index is 555. The number of benzene rings is 1. The van der Waals surface area contributed by atoms with Crippen molar-refractivity contribution >= 4 is 34.9 Å². The van der Waals surface area contributed by atoms with Crippen LogP contribution >= 0.6 is 23.4 Å². The van der Waals surface area contributed by atoms with Gasteiger partial charge in [-0.15, -0.1) is 23.4 Å². The third-order valence-electron chi connectivity index (χ3n) is 2.60. The average Bonchev–Trinajstić information content (AvgIpc) is 2.50. The van der Waals surface area contributed by atoms with Crippen molar-refractivity contribution in [1.29, 1.82) is 0 Å². The summed E-state index contributed by atoms with van der Waals surface area (Å²) in [5, 5.41) is 0. The SMILES string of the molecule is NC(CCl)=Nc1ccc(SCCc2ccccn2)cc1. The predicted molar refractivity (Wildman–Crippen MR) is 87.1 cm³/mol. The molecular weight excluding hydrogens is 290 g/mol. The van der Waals surface area contributed by atoms with Gasteiger partial charge in [0.2, 0.25) is 0 Å². The molecule has 2 N–H and O–H groups in total. The third-order valence-corrected chi connectivity index (χ3v) is 3.89. The number of aromatic nitrogens is 1. The molecule has 0 aliphatic rings. The maximum atomic E-state index is 5.59. The fourth-order valence-corrected chi connectivity index (χ4v) is 2.57. The largest absolute Gasteiger partial charge is 0.386 e. The van der Waals surface area contributed by atoms with Crippen LogP contribution in [0.1, 0.15) is 5.69 Å². The van der Waals surface area contributed by atoms with Crippen LogP contribution in [0, 0.1) is 0 Å². The highest BCUT2D eigenvalue weighted by atomic mass is 35.5. The molecule has 0 aliphatic carbocycles. The normalized spacial score (nSPS) is 11.6. The molecule has 0 saturated heterocycles. The number of pyridine rings is 1. The van der Waals surface area contributed by atoms with E-state index in [1.807, 2.05) is 48.7 Å². The smallest absolute Gasteiger partial charge is 0.115 e. The van der Waals surface area contributed by atoms with Crippen LogP contribution in [0.5, 0.6) is 0 Å². The van der Waals surface area contributed by atoms with Gasteiger partial charge in [-0.1, -0.05) is 6.07 Å². The second kappa shape index (κ2) is 7.92. The van der Waals surface area contributed by atoms with Crippen LogP contribution in [0.2, 0.25) is 0 Å². The summed E-state index contributed by atoms with van der Waals surface area (Å²) < 4.78 is 0. The number of thioether (sulfide) groups is 1. The Hall–Kier alpha value is -1.52. The molecule has 0 aliphatic heterocycles. The number of alkyl halides is 1. The van der Waals surface area contributed by atoms with E-state index in [0.29, 0.717) is 5.84 Å². The standard InChI is InChI=1S/C15H16ClN3S/c16-11-15(17)19-13-4-6-14(7-5-13)20-10-8-12-3-1-2-9-18-12/h1-7,9H,8,10-11H2,(H2,17,19). The fraction of sp³-hybridized carbons (Fsp3) is 0.200.